The summed E-state index contributed by atoms with van der Waals surface area (Å²) in [5.74, 6) is -0.338. The third kappa shape index (κ3) is 3.09. The molecule has 1 N–H and O–H groups in total. The number of carbonyl (C=O) groups excluding carboxylic acids is 1. The van der Waals surface area contributed by atoms with Crippen LogP contribution in [0.4, 0.5) is 4.39 Å². The Labute approximate surface area is 114 Å². The zero-order chi connectivity index (χ0) is 13.1. The maximum atomic E-state index is 13.6. The van der Waals surface area contributed by atoms with E-state index in [2.05, 4.69) is 21.2 Å². The molecule has 0 aliphatic carbocycles. The molecular formula is C13H16BrFN2O. The van der Waals surface area contributed by atoms with Crippen LogP contribution in [0.5, 0.6) is 0 Å². The molecule has 5 heteroatoms. The van der Waals surface area contributed by atoms with Crippen LogP contribution >= 0.6 is 15.9 Å². The molecule has 1 aliphatic heterocycles. The summed E-state index contributed by atoms with van der Waals surface area (Å²) in [4.78, 5) is 14.0. The van der Waals surface area contributed by atoms with Gasteiger partial charge in [-0.3, -0.25) is 4.79 Å². The Morgan fingerprint density at radius 2 is 2.39 bits per heavy atom. The lowest BCUT2D eigenvalue weighted by molar-refractivity contribution is -0.133. The highest BCUT2D eigenvalue weighted by Gasteiger charge is 2.23. The fraction of sp³-hybridized carbons (Fsp3) is 0.462. The van der Waals surface area contributed by atoms with Crippen LogP contribution in [0.25, 0.3) is 0 Å². The molecule has 1 atom stereocenters. The monoisotopic (exact) mass is 314 g/mol. The van der Waals surface area contributed by atoms with Crippen molar-refractivity contribution in [3.05, 3.63) is 34.1 Å². The van der Waals surface area contributed by atoms with Crippen molar-refractivity contribution in [2.45, 2.75) is 19.4 Å². The Kier molecular flexibility index (Phi) is 4.35. The van der Waals surface area contributed by atoms with E-state index >= 15 is 0 Å². The number of hydrogen-bond donors (Lipinski definition) is 1. The van der Waals surface area contributed by atoms with Gasteiger partial charge >= 0.3 is 0 Å². The second-order valence-corrected chi connectivity index (χ2v) is 5.47. The summed E-state index contributed by atoms with van der Waals surface area (Å²) < 4.78 is 14.4. The molecule has 1 saturated heterocycles. The summed E-state index contributed by atoms with van der Waals surface area (Å²) in [6.07, 6.45) is 0.121. The molecule has 3 nitrogen and oxygen atoms in total. The van der Waals surface area contributed by atoms with Crippen molar-refractivity contribution in [1.29, 1.82) is 0 Å². The third-order valence-corrected chi connectivity index (χ3v) is 3.66. The Balaban J connectivity index is 2.08. The molecule has 1 aromatic carbocycles. The molecule has 1 aliphatic rings. The SMILES string of the molecule is CC1CNCCN1C(=O)Cc1cc(Br)ccc1F. The highest BCUT2D eigenvalue weighted by atomic mass is 79.9. The molecule has 0 spiro atoms. The lowest BCUT2D eigenvalue weighted by atomic mass is 10.1. The summed E-state index contributed by atoms with van der Waals surface area (Å²) in [6.45, 7) is 4.29. The zero-order valence-electron chi connectivity index (χ0n) is 10.2. The quantitative estimate of drug-likeness (QED) is 0.905. The Morgan fingerprint density at radius 3 is 3.11 bits per heavy atom. The van der Waals surface area contributed by atoms with Crippen LogP contribution in [-0.4, -0.2) is 36.5 Å². The zero-order valence-corrected chi connectivity index (χ0v) is 11.8. The number of rotatable bonds is 2. The Morgan fingerprint density at radius 1 is 1.61 bits per heavy atom. The second kappa shape index (κ2) is 5.80. The predicted molar refractivity (Wildman–Crippen MR) is 71.8 cm³/mol. The number of nitrogens with one attached hydrogen (secondary N) is 1. The normalized spacial score (nSPS) is 19.9. The van der Waals surface area contributed by atoms with E-state index in [0.717, 1.165) is 17.6 Å². The topological polar surface area (TPSA) is 32.3 Å². The molecule has 1 fully saturated rings. The summed E-state index contributed by atoms with van der Waals surface area (Å²) in [6, 6.07) is 4.85. The first kappa shape index (κ1) is 13.5. The van der Waals surface area contributed by atoms with Gasteiger partial charge in [0.15, 0.2) is 0 Å². The van der Waals surface area contributed by atoms with Crippen molar-refractivity contribution in [1.82, 2.24) is 10.2 Å². The van der Waals surface area contributed by atoms with E-state index in [1.54, 1.807) is 12.1 Å². The van der Waals surface area contributed by atoms with Crippen molar-refractivity contribution in [2.75, 3.05) is 19.6 Å². The average molecular weight is 315 g/mol. The lowest BCUT2D eigenvalue weighted by Gasteiger charge is -2.34. The second-order valence-electron chi connectivity index (χ2n) is 4.55. The van der Waals surface area contributed by atoms with E-state index in [9.17, 15) is 9.18 Å². The van der Waals surface area contributed by atoms with Gasteiger partial charge in [-0.15, -0.1) is 0 Å². The first-order valence-corrected chi connectivity index (χ1v) is 6.81. The van der Waals surface area contributed by atoms with Gasteiger partial charge < -0.3 is 10.2 Å². The van der Waals surface area contributed by atoms with Gasteiger partial charge in [-0.25, -0.2) is 4.39 Å². The van der Waals surface area contributed by atoms with Gasteiger partial charge in [0.25, 0.3) is 0 Å². The smallest absolute Gasteiger partial charge is 0.227 e. The predicted octanol–water partition coefficient (Wildman–Crippen LogP) is 1.95. The number of nitrogens with zero attached hydrogens (tertiary/aromatic N) is 1. The van der Waals surface area contributed by atoms with Crippen molar-refractivity contribution in [3.63, 3.8) is 0 Å². The van der Waals surface area contributed by atoms with Crippen LogP contribution in [0, 0.1) is 5.82 Å². The van der Waals surface area contributed by atoms with E-state index in [0.29, 0.717) is 12.1 Å². The lowest BCUT2D eigenvalue weighted by Crippen LogP contribution is -2.52. The van der Waals surface area contributed by atoms with Gasteiger partial charge in [0, 0.05) is 30.1 Å². The Hall–Kier alpha value is -0.940. The van der Waals surface area contributed by atoms with Crippen LogP contribution in [0.2, 0.25) is 0 Å². The van der Waals surface area contributed by atoms with Crippen LogP contribution in [0.1, 0.15) is 12.5 Å². The van der Waals surface area contributed by atoms with Gasteiger partial charge in [-0.1, -0.05) is 15.9 Å². The number of benzene rings is 1. The number of halogens is 2. The fourth-order valence-corrected chi connectivity index (χ4v) is 2.56. The van der Waals surface area contributed by atoms with Crippen LogP contribution in [0.3, 0.4) is 0 Å². The molecule has 1 unspecified atom stereocenters. The standard InChI is InChI=1S/C13H16BrFN2O/c1-9-8-16-4-5-17(9)13(18)7-10-6-11(14)2-3-12(10)15/h2-3,6,9,16H,4-5,7-8H2,1H3. The minimum absolute atomic E-state index is 0.0130. The molecule has 0 radical (unpaired) electrons. The third-order valence-electron chi connectivity index (χ3n) is 3.17. The van der Waals surface area contributed by atoms with Crippen molar-refractivity contribution < 1.29 is 9.18 Å². The van der Waals surface area contributed by atoms with E-state index in [1.165, 1.54) is 6.07 Å². The first-order valence-electron chi connectivity index (χ1n) is 6.02. The number of amides is 1. The van der Waals surface area contributed by atoms with Gasteiger partial charge in [0.1, 0.15) is 5.82 Å². The number of piperazine rings is 1. The molecule has 1 amide bonds. The summed E-state index contributed by atoms with van der Waals surface area (Å²) in [7, 11) is 0. The fourth-order valence-electron chi connectivity index (χ4n) is 2.15. The summed E-state index contributed by atoms with van der Waals surface area (Å²) >= 11 is 3.29. The summed E-state index contributed by atoms with van der Waals surface area (Å²) in [5, 5.41) is 3.23. The molecule has 2 rings (SSSR count). The minimum Gasteiger partial charge on any atom is -0.337 e. The molecular weight excluding hydrogens is 299 g/mol. The van der Waals surface area contributed by atoms with Crippen molar-refractivity contribution in [3.8, 4) is 0 Å². The largest absolute Gasteiger partial charge is 0.337 e. The first-order chi connectivity index (χ1) is 8.58. The van der Waals surface area contributed by atoms with Crippen LogP contribution in [0.15, 0.2) is 22.7 Å². The van der Waals surface area contributed by atoms with Gasteiger partial charge in [0.05, 0.1) is 6.42 Å². The maximum absolute atomic E-state index is 13.6. The maximum Gasteiger partial charge on any atom is 0.227 e. The van der Waals surface area contributed by atoms with Crippen LogP contribution < -0.4 is 5.32 Å². The van der Waals surface area contributed by atoms with Crippen molar-refractivity contribution in [2.24, 2.45) is 0 Å². The van der Waals surface area contributed by atoms with Crippen LogP contribution in [-0.2, 0) is 11.2 Å². The molecule has 18 heavy (non-hydrogen) atoms. The summed E-state index contributed by atoms with van der Waals surface area (Å²) in [5.41, 5.74) is 0.445. The highest BCUT2D eigenvalue weighted by Crippen LogP contribution is 2.17. The average Bonchev–Trinajstić information content (AvgIpc) is 2.34. The number of hydrogen-bond acceptors (Lipinski definition) is 2. The van der Waals surface area contributed by atoms with E-state index < -0.39 is 0 Å². The van der Waals surface area contributed by atoms with Crippen molar-refractivity contribution >= 4 is 21.8 Å². The van der Waals surface area contributed by atoms with E-state index in [-0.39, 0.29) is 24.2 Å². The molecule has 1 aromatic rings. The van der Waals surface area contributed by atoms with E-state index in [1.807, 2.05) is 11.8 Å². The van der Waals surface area contributed by atoms with Gasteiger partial charge in [-0.05, 0) is 30.7 Å². The molecule has 98 valence electrons. The highest BCUT2D eigenvalue weighted by molar-refractivity contribution is 9.10. The minimum atomic E-state index is -0.325. The van der Waals surface area contributed by atoms with E-state index in [4.69, 9.17) is 0 Å². The molecule has 0 aromatic heterocycles. The molecule has 1 heterocycles. The number of carbonyl (C=O) groups is 1. The molecule has 0 saturated carbocycles. The molecule has 0 bridgehead atoms. The Bertz CT molecular complexity index is 453. The van der Waals surface area contributed by atoms with Gasteiger partial charge in [-0.2, -0.15) is 0 Å². The van der Waals surface area contributed by atoms with Gasteiger partial charge in [0.2, 0.25) is 5.91 Å².